The molecule has 168 valence electrons. The molecule has 1 saturated carbocycles. The van der Waals surface area contributed by atoms with Crippen molar-refractivity contribution in [3.63, 3.8) is 0 Å². The number of imide groups is 1. The molecule has 1 aromatic carbocycles. The summed E-state index contributed by atoms with van der Waals surface area (Å²) in [5.41, 5.74) is 0.711. The molecule has 1 aromatic rings. The van der Waals surface area contributed by atoms with E-state index < -0.39 is 12.1 Å². The van der Waals surface area contributed by atoms with Gasteiger partial charge in [-0.05, 0) is 65.7 Å². The minimum atomic E-state index is -0.957. The number of esters is 1. The van der Waals surface area contributed by atoms with E-state index in [-0.39, 0.29) is 47.0 Å². The van der Waals surface area contributed by atoms with Gasteiger partial charge in [-0.2, -0.15) is 0 Å². The molecular formula is C24H32N2O5. The minimum absolute atomic E-state index is 0.0250. The van der Waals surface area contributed by atoms with Gasteiger partial charge in [0, 0.05) is 18.1 Å². The van der Waals surface area contributed by atoms with Gasteiger partial charge in [-0.1, -0.05) is 19.3 Å². The third kappa shape index (κ3) is 4.50. The minimum Gasteiger partial charge on any atom is -0.449 e. The smallest absolute Gasteiger partial charge is 0.338 e. The fourth-order valence-corrected chi connectivity index (χ4v) is 4.65. The van der Waals surface area contributed by atoms with Crippen molar-refractivity contribution in [2.45, 2.75) is 91.0 Å². The number of nitrogens with zero attached hydrogens (tertiary/aromatic N) is 2. The van der Waals surface area contributed by atoms with Crippen molar-refractivity contribution in [2.24, 2.45) is 0 Å². The molecule has 31 heavy (non-hydrogen) atoms. The van der Waals surface area contributed by atoms with Crippen LogP contribution in [0.4, 0.5) is 0 Å². The van der Waals surface area contributed by atoms with Gasteiger partial charge < -0.3 is 9.64 Å². The molecule has 0 radical (unpaired) electrons. The molecule has 3 rings (SSSR count). The van der Waals surface area contributed by atoms with Crippen molar-refractivity contribution >= 4 is 23.7 Å². The summed E-state index contributed by atoms with van der Waals surface area (Å²) in [4.78, 5) is 54.2. The summed E-state index contributed by atoms with van der Waals surface area (Å²) < 4.78 is 5.40. The van der Waals surface area contributed by atoms with Crippen molar-refractivity contribution < 1.29 is 23.9 Å². The van der Waals surface area contributed by atoms with Gasteiger partial charge in [0.15, 0.2) is 6.10 Å². The van der Waals surface area contributed by atoms with Crippen molar-refractivity contribution in [1.29, 1.82) is 0 Å². The predicted octanol–water partition coefficient (Wildman–Crippen LogP) is 3.81. The summed E-state index contributed by atoms with van der Waals surface area (Å²) in [7, 11) is 0. The molecule has 1 fully saturated rings. The topological polar surface area (TPSA) is 84.0 Å². The van der Waals surface area contributed by atoms with E-state index >= 15 is 0 Å². The van der Waals surface area contributed by atoms with Gasteiger partial charge in [-0.3, -0.25) is 19.3 Å². The van der Waals surface area contributed by atoms with Crippen LogP contribution in [0, 0.1) is 0 Å². The number of ether oxygens (including phenoxy) is 1. The van der Waals surface area contributed by atoms with Crippen LogP contribution in [0.3, 0.4) is 0 Å². The Bertz CT molecular complexity index is 878. The molecule has 1 aliphatic carbocycles. The Morgan fingerprint density at radius 1 is 0.935 bits per heavy atom. The van der Waals surface area contributed by atoms with Gasteiger partial charge in [0.1, 0.15) is 0 Å². The van der Waals surface area contributed by atoms with E-state index in [0.29, 0.717) is 5.56 Å². The predicted molar refractivity (Wildman–Crippen MR) is 116 cm³/mol. The molecule has 7 nitrogen and oxygen atoms in total. The first kappa shape index (κ1) is 23.0. The maximum atomic E-state index is 12.9. The Kier molecular flexibility index (Phi) is 6.82. The first-order valence-corrected chi connectivity index (χ1v) is 11.2. The third-order valence-corrected chi connectivity index (χ3v) is 6.09. The molecule has 3 amide bonds. The molecule has 1 atom stereocenters. The molecule has 0 unspecified atom stereocenters. The molecule has 0 N–H and O–H groups in total. The fraction of sp³-hybridized carbons (Fsp3) is 0.583. The zero-order chi connectivity index (χ0) is 22.9. The van der Waals surface area contributed by atoms with E-state index in [0.717, 1.165) is 32.1 Å². The Morgan fingerprint density at radius 3 is 2.10 bits per heavy atom. The second-order valence-electron chi connectivity index (χ2n) is 9.01. The number of carbonyl (C=O) groups is 4. The third-order valence-electron chi connectivity index (χ3n) is 6.09. The van der Waals surface area contributed by atoms with Crippen LogP contribution in [-0.4, -0.2) is 57.7 Å². The van der Waals surface area contributed by atoms with Crippen LogP contribution in [0.2, 0.25) is 0 Å². The molecule has 0 saturated heterocycles. The van der Waals surface area contributed by atoms with Crippen LogP contribution in [0.25, 0.3) is 0 Å². The molecule has 1 aliphatic heterocycles. The number of carbonyl (C=O) groups excluding carboxylic acids is 4. The number of hydrogen-bond donors (Lipinski definition) is 0. The second-order valence-corrected chi connectivity index (χ2v) is 9.01. The number of amides is 3. The van der Waals surface area contributed by atoms with Crippen molar-refractivity contribution in [3.05, 3.63) is 34.9 Å². The van der Waals surface area contributed by atoms with Crippen LogP contribution < -0.4 is 0 Å². The molecule has 0 aromatic heterocycles. The van der Waals surface area contributed by atoms with Gasteiger partial charge in [-0.15, -0.1) is 0 Å². The zero-order valence-corrected chi connectivity index (χ0v) is 19.0. The largest absolute Gasteiger partial charge is 0.449 e. The zero-order valence-electron chi connectivity index (χ0n) is 19.0. The second kappa shape index (κ2) is 9.20. The summed E-state index contributed by atoms with van der Waals surface area (Å²) in [5, 5.41) is 0. The van der Waals surface area contributed by atoms with Crippen LogP contribution in [0.15, 0.2) is 18.2 Å². The average Bonchev–Trinajstić information content (AvgIpc) is 2.97. The van der Waals surface area contributed by atoms with E-state index in [2.05, 4.69) is 0 Å². The maximum absolute atomic E-state index is 12.9. The average molecular weight is 429 g/mol. The molecule has 2 aliphatic rings. The summed E-state index contributed by atoms with van der Waals surface area (Å²) in [6, 6.07) is 4.28. The van der Waals surface area contributed by atoms with Crippen LogP contribution in [0.1, 0.15) is 97.8 Å². The lowest BCUT2D eigenvalue weighted by Gasteiger charge is -2.32. The van der Waals surface area contributed by atoms with Gasteiger partial charge in [-0.25, -0.2) is 4.79 Å². The van der Waals surface area contributed by atoms with Crippen molar-refractivity contribution in [2.75, 3.05) is 0 Å². The molecule has 1 heterocycles. The van der Waals surface area contributed by atoms with E-state index in [4.69, 9.17) is 4.74 Å². The Hall–Kier alpha value is -2.70. The maximum Gasteiger partial charge on any atom is 0.338 e. The number of benzene rings is 1. The number of hydrogen-bond acceptors (Lipinski definition) is 5. The molecule has 0 spiro atoms. The van der Waals surface area contributed by atoms with Crippen LogP contribution in [-0.2, 0) is 9.53 Å². The van der Waals surface area contributed by atoms with Gasteiger partial charge in [0.25, 0.3) is 17.7 Å². The van der Waals surface area contributed by atoms with Crippen LogP contribution >= 0.6 is 0 Å². The fourth-order valence-electron chi connectivity index (χ4n) is 4.65. The lowest BCUT2D eigenvalue weighted by Crippen LogP contribution is -2.47. The van der Waals surface area contributed by atoms with E-state index in [1.807, 2.05) is 27.7 Å². The van der Waals surface area contributed by atoms with E-state index in [9.17, 15) is 19.2 Å². The summed E-state index contributed by atoms with van der Waals surface area (Å²) in [6.07, 6.45) is 3.82. The van der Waals surface area contributed by atoms with Crippen molar-refractivity contribution in [3.8, 4) is 0 Å². The SMILES string of the molecule is CC(C)N(C(=O)[C@H](C)OC(=O)c1ccc2c(c1)C(=O)N(C1CCCCC1)C2=O)C(C)C. The number of fused-ring (bicyclic) bond motifs is 1. The Morgan fingerprint density at radius 2 is 1.52 bits per heavy atom. The number of rotatable bonds is 6. The van der Waals surface area contributed by atoms with Crippen LogP contribution in [0.5, 0.6) is 0 Å². The summed E-state index contributed by atoms with van der Waals surface area (Å²) in [6.45, 7) is 9.19. The van der Waals surface area contributed by atoms with Gasteiger partial charge in [0.2, 0.25) is 0 Å². The van der Waals surface area contributed by atoms with Crippen molar-refractivity contribution in [1.82, 2.24) is 9.80 Å². The Labute approximate surface area is 183 Å². The summed E-state index contributed by atoms with van der Waals surface area (Å²) in [5.74, 6) is -1.60. The monoisotopic (exact) mass is 428 g/mol. The molecule has 7 heteroatoms. The highest BCUT2D eigenvalue weighted by atomic mass is 16.5. The molecule has 0 bridgehead atoms. The normalized spacial score (nSPS) is 17.8. The quantitative estimate of drug-likeness (QED) is 0.508. The lowest BCUT2D eigenvalue weighted by molar-refractivity contribution is -0.143. The highest BCUT2D eigenvalue weighted by Gasteiger charge is 2.40. The Balaban J connectivity index is 1.75. The highest BCUT2D eigenvalue weighted by Crippen LogP contribution is 2.31. The standard InChI is InChI=1S/C24H32N2O5/c1-14(2)25(15(3)4)21(27)16(5)31-24(30)17-11-12-19-20(13-17)23(29)26(22(19)28)18-9-7-6-8-10-18/h11-16,18H,6-10H2,1-5H3/t16-/m0/s1. The first-order chi connectivity index (χ1) is 14.6. The lowest BCUT2D eigenvalue weighted by atomic mass is 9.94. The van der Waals surface area contributed by atoms with Gasteiger partial charge >= 0.3 is 5.97 Å². The summed E-state index contributed by atoms with van der Waals surface area (Å²) >= 11 is 0. The molecular weight excluding hydrogens is 396 g/mol. The van der Waals surface area contributed by atoms with Gasteiger partial charge in [0.05, 0.1) is 16.7 Å². The highest BCUT2D eigenvalue weighted by molar-refractivity contribution is 6.22. The van der Waals surface area contributed by atoms with E-state index in [1.54, 1.807) is 11.8 Å². The first-order valence-electron chi connectivity index (χ1n) is 11.2. The van der Waals surface area contributed by atoms with E-state index in [1.165, 1.54) is 23.1 Å².